The van der Waals surface area contributed by atoms with E-state index in [0.29, 0.717) is 0 Å². The summed E-state index contributed by atoms with van der Waals surface area (Å²) in [4.78, 5) is 0. The summed E-state index contributed by atoms with van der Waals surface area (Å²) in [6.45, 7) is 0. The van der Waals surface area contributed by atoms with E-state index in [-0.39, 0.29) is 24.4 Å². The summed E-state index contributed by atoms with van der Waals surface area (Å²) in [5, 5.41) is 0. The number of hydrogen-bond donors (Lipinski definition) is 0. The molecule has 0 N–H and O–H groups in total. The van der Waals surface area contributed by atoms with Crippen LogP contribution in [0.5, 0.6) is 0 Å². The third-order valence-corrected chi connectivity index (χ3v) is 0. The van der Waals surface area contributed by atoms with E-state index in [1.807, 2.05) is 0 Å². The van der Waals surface area contributed by atoms with Crippen molar-refractivity contribution in [3.05, 3.63) is 0 Å². The van der Waals surface area contributed by atoms with Gasteiger partial charge in [0.05, 0.1) is 0 Å². The molecule has 0 aromatic carbocycles. The summed E-state index contributed by atoms with van der Waals surface area (Å²) in [5.74, 6) is 0. The van der Waals surface area contributed by atoms with E-state index in [9.17, 15) is 13.2 Å². The van der Waals surface area contributed by atoms with E-state index in [4.69, 9.17) is 0 Å². The van der Waals surface area contributed by atoms with Gasteiger partial charge in [0.25, 0.3) is 0 Å². The van der Waals surface area contributed by atoms with Crippen molar-refractivity contribution < 1.29 is 37.5 Å². The molecule has 0 rings (SSSR count). The van der Waals surface area contributed by atoms with Crippen LogP contribution in [0.2, 0.25) is 0 Å². The third kappa shape index (κ3) is 75.7. The average molecular weight is 114 g/mol. The van der Waals surface area contributed by atoms with Crippen molar-refractivity contribution in [3.63, 3.8) is 0 Å². The minimum atomic E-state index is -3.94. The van der Waals surface area contributed by atoms with E-state index in [2.05, 4.69) is 0 Å². The quantitative estimate of drug-likeness (QED) is 0.441. The molecule has 0 saturated carbocycles. The second-order valence-corrected chi connectivity index (χ2v) is 1.56. The van der Waals surface area contributed by atoms with Crippen molar-refractivity contribution >= 4 is 0 Å². The number of rotatable bonds is 0. The van der Waals surface area contributed by atoms with Gasteiger partial charge in [-0.2, -0.15) is 0 Å². The van der Waals surface area contributed by atoms with Crippen LogP contribution in [-0.2, 0) is 24.4 Å². The van der Waals surface area contributed by atoms with E-state index in [1.54, 1.807) is 0 Å². The molecule has 4 heteroatoms. The Morgan fingerprint density at radius 1 is 1.20 bits per heavy atom. The minimum absolute atomic E-state index is 0.208. The maximum absolute atomic E-state index is 10.4. The standard InChI is InChI=1S/CF3.Sc/c2-1(3)4;. The van der Waals surface area contributed by atoms with Crippen LogP contribution in [-0.4, -0.2) is 3.93 Å². The van der Waals surface area contributed by atoms with Crippen molar-refractivity contribution in [1.82, 2.24) is 0 Å². The second kappa shape index (κ2) is 1.41. The number of alkyl halides is 3. The van der Waals surface area contributed by atoms with Gasteiger partial charge in [-0.05, 0) is 0 Å². The summed E-state index contributed by atoms with van der Waals surface area (Å²) in [5.41, 5.74) is 0. The fourth-order valence-electron chi connectivity index (χ4n) is 0. The molecule has 0 aromatic heterocycles. The van der Waals surface area contributed by atoms with Crippen LogP contribution < -0.4 is 0 Å². The summed E-state index contributed by atoms with van der Waals surface area (Å²) in [6, 6.07) is 0. The summed E-state index contributed by atoms with van der Waals surface area (Å²) < 4.78 is 27.2. The van der Waals surface area contributed by atoms with Gasteiger partial charge in [0.15, 0.2) is 0 Å². The van der Waals surface area contributed by atoms with E-state index in [1.165, 1.54) is 0 Å². The Labute approximate surface area is 41.9 Å². The van der Waals surface area contributed by atoms with Gasteiger partial charge in [-0.15, -0.1) is 0 Å². The van der Waals surface area contributed by atoms with E-state index in [0.717, 1.165) is 0 Å². The van der Waals surface area contributed by atoms with E-state index < -0.39 is 3.93 Å². The average Bonchev–Trinajstić information content (AvgIpc) is 0.722. The fourth-order valence-corrected chi connectivity index (χ4v) is 0. The summed E-state index contributed by atoms with van der Waals surface area (Å²) in [6.07, 6.45) is 0. The van der Waals surface area contributed by atoms with E-state index >= 15 is 0 Å². The molecule has 0 aromatic rings. The first-order valence-electron chi connectivity index (χ1n) is 0.856. The monoisotopic (exact) mass is 114 g/mol. The normalized spacial score (nSPS) is 11.6. The molecule has 0 radical (unpaired) electrons. The van der Waals surface area contributed by atoms with Crippen molar-refractivity contribution in [2.24, 2.45) is 0 Å². The first kappa shape index (κ1) is 5.66. The Morgan fingerprint density at radius 2 is 1.20 bits per heavy atom. The Morgan fingerprint density at radius 3 is 1.20 bits per heavy atom. The molecule has 5 heavy (non-hydrogen) atoms. The Bertz CT molecular complexity index is 22.4. The first-order chi connectivity index (χ1) is 2.00. The summed E-state index contributed by atoms with van der Waals surface area (Å²) in [7, 11) is 0. The molecular formula is CF3Sc. The van der Waals surface area contributed by atoms with Crippen LogP contribution in [0.3, 0.4) is 0 Å². The molecule has 0 atom stereocenters. The van der Waals surface area contributed by atoms with Gasteiger partial charge >= 0.3 is 41.5 Å². The zero-order chi connectivity index (χ0) is 4.50. The first-order valence-corrected chi connectivity index (χ1v) is 1.76. The second-order valence-electron chi connectivity index (χ2n) is 0.542. The third-order valence-electron chi connectivity index (χ3n) is 0. The Hall–Kier alpha value is 0.660. The predicted octanol–water partition coefficient (Wildman–Crippen LogP) is 1.05. The molecule has 0 spiro atoms. The molecule has 28 valence electrons. The van der Waals surface area contributed by atoms with Crippen molar-refractivity contribution in [2.75, 3.05) is 0 Å². The van der Waals surface area contributed by atoms with Crippen LogP contribution in [0.1, 0.15) is 0 Å². The Balaban J connectivity index is 3.02. The molecule has 0 amide bonds. The molecule has 0 heterocycles. The zero-order valence-electron chi connectivity index (χ0n) is 2.21. The molecule has 0 fully saturated rings. The van der Waals surface area contributed by atoms with Crippen LogP contribution in [0, 0.1) is 0 Å². The molecule has 0 bridgehead atoms. The zero-order valence-corrected chi connectivity index (χ0v) is 4.01. The van der Waals surface area contributed by atoms with Crippen molar-refractivity contribution in [1.29, 1.82) is 0 Å². The van der Waals surface area contributed by atoms with Gasteiger partial charge < -0.3 is 0 Å². The van der Waals surface area contributed by atoms with Gasteiger partial charge in [0, 0.05) is 0 Å². The van der Waals surface area contributed by atoms with Gasteiger partial charge in [0.2, 0.25) is 0 Å². The molecule has 0 aliphatic carbocycles. The van der Waals surface area contributed by atoms with Crippen LogP contribution in [0.4, 0.5) is 13.2 Å². The molecular weight excluding hydrogens is 114 g/mol. The Kier molecular flexibility index (Phi) is 1.59. The maximum atomic E-state index is 10.4. The summed E-state index contributed by atoms with van der Waals surface area (Å²) >= 11 is -0.208. The van der Waals surface area contributed by atoms with Crippen LogP contribution in [0.25, 0.3) is 0 Å². The van der Waals surface area contributed by atoms with Gasteiger partial charge in [-0.25, -0.2) is 0 Å². The molecule has 0 nitrogen and oxygen atoms in total. The molecule has 0 aliphatic heterocycles. The van der Waals surface area contributed by atoms with Gasteiger partial charge in [0.1, 0.15) is 0 Å². The topological polar surface area (TPSA) is 0 Å². The fraction of sp³-hybridized carbons (Fsp3) is 1.00. The molecule has 0 aliphatic rings. The van der Waals surface area contributed by atoms with Crippen LogP contribution in [0.15, 0.2) is 0 Å². The molecule has 0 unspecified atom stereocenters. The van der Waals surface area contributed by atoms with Gasteiger partial charge in [-0.1, -0.05) is 0 Å². The number of hydrogen-bond acceptors (Lipinski definition) is 0. The van der Waals surface area contributed by atoms with Gasteiger partial charge in [-0.3, -0.25) is 0 Å². The predicted molar refractivity (Wildman–Crippen MR) is 6.05 cm³/mol. The number of halogens is 3. The van der Waals surface area contributed by atoms with Crippen molar-refractivity contribution in [3.8, 4) is 0 Å². The SMILES string of the molecule is F[C](F)(F)[Sc]. The van der Waals surface area contributed by atoms with Crippen LogP contribution >= 0.6 is 0 Å². The van der Waals surface area contributed by atoms with Crippen molar-refractivity contribution in [2.45, 2.75) is 3.93 Å². The molecule has 0 saturated heterocycles.